The molecule has 0 unspecified atom stereocenters. The predicted octanol–water partition coefficient (Wildman–Crippen LogP) is 0.433. The van der Waals surface area contributed by atoms with Crippen LogP contribution in [-0.4, -0.2) is 37.5 Å². The van der Waals surface area contributed by atoms with Gasteiger partial charge in [0, 0.05) is 12.1 Å². The molecule has 1 atom stereocenters. The van der Waals surface area contributed by atoms with Crippen LogP contribution in [0.2, 0.25) is 0 Å². The smallest absolute Gasteiger partial charge is 0.328 e. The Labute approximate surface area is 135 Å². The second-order valence-electron chi connectivity index (χ2n) is 4.36. The van der Waals surface area contributed by atoms with Crippen LogP contribution in [0.4, 0.5) is 0 Å². The number of amides is 1. The van der Waals surface area contributed by atoms with E-state index in [4.69, 9.17) is 11.5 Å². The van der Waals surface area contributed by atoms with Gasteiger partial charge in [-0.05, 0) is 25.0 Å². The van der Waals surface area contributed by atoms with Gasteiger partial charge in [-0.15, -0.1) is 12.4 Å². The second kappa shape index (κ2) is 10.4. The molecule has 5 N–H and O–H groups in total. The average molecular weight is 329 g/mol. The van der Waals surface area contributed by atoms with Crippen LogP contribution >= 0.6 is 12.4 Å². The van der Waals surface area contributed by atoms with Crippen molar-refractivity contribution < 1.29 is 14.3 Å². The molecule has 0 spiro atoms. The Morgan fingerprint density at radius 1 is 1.27 bits per heavy atom. The molecule has 0 aliphatic carbocycles. The largest absolute Gasteiger partial charge is 0.467 e. The number of nitrogens with one attached hydrogen (secondary N) is 1. The Morgan fingerprint density at radius 3 is 2.45 bits per heavy atom. The van der Waals surface area contributed by atoms with E-state index >= 15 is 0 Å². The lowest BCUT2D eigenvalue weighted by molar-refractivity contribution is -0.143. The van der Waals surface area contributed by atoms with E-state index in [1.54, 1.807) is 24.3 Å². The Kier molecular flexibility index (Phi) is 9.36. The van der Waals surface area contributed by atoms with Crippen molar-refractivity contribution in [3.8, 4) is 0 Å². The summed E-state index contributed by atoms with van der Waals surface area (Å²) in [5.74, 6) is -0.824. The number of carbonyl (C=O) groups excluding carboxylic acids is 2. The van der Waals surface area contributed by atoms with Gasteiger partial charge >= 0.3 is 5.97 Å². The lowest BCUT2D eigenvalue weighted by Gasteiger charge is -2.16. The first-order valence-corrected chi connectivity index (χ1v) is 6.53. The molecule has 0 radical (unpaired) electrons. The number of ether oxygens (including phenoxy) is 1. The number of halogens is 1. The van der Waals surface area contributed by atoms with E-state index in [0.29, 0.717) is 24.9 Å². The Morgan fingerprint density at radius 2 is 1.91 bits per heavy atom. The topological polar surface area (TPSA) is 120 Å². The molecule has 0 aromatic heterocycles. The summed E-state index contributed by atoms with van der Waals surface area (Å²) < 4.78 is 4.69. The van der Waals surface area contributed by atoms with Gasteiger partial charge in [0.2, 0.25) is 0 Å². The van der Waals surface area contributed by atoms with Crippen LogP contribution in [0.15, 0.2) is 35.3 Å². The van der Waals surface area contributed by atoms with Crippen LogP contribution in [0, 0.1) is 0 Å². The molecule has 122 valence electrons. The summed E-state index contributed by atoms with van der Waals surface area (Å²) in [6.45, 7) is 0.386. The molecule has 0 aliphatic rings. The summed E-state index contributed by atoms with van der Waals surface area (Å²) >= 11 is 0. The number of carbonyl (C=O) groups is 2. The van der Waals surface area contributed by atoms with Crippen LogP contribution in [0.25, 0.3) is 0 Å². The number of rotatable bonds is 7. The first-order valence-electron chi connectivity index (χ1n) is 6.53. The van der Waals surface area contributed by atoms with Crippen molar-refractivity contribution in [2.45, 2.75) is 18.9 Å². The highest BCUT2D eigenvalue weighted by Crippen LogP contribution is 2.04. The van der Waals surface area contributed by atoms with Gasteiger partial charge in [-0.3, -0.25) is 9.79 Å². The van der Waals surface area contributed by atoms with E-state index in [0.717, 1.165) is 0 Å². The monoisotopic (exact) mass is 328 g/mol. The van der Waals surface area contributed by atoms with Gasteiger partial charge in [-0.1, -0.05) is 18.2 Å². The van der Waals surface area contributed by atoms with Gasteiger partial charge in [0.15, 0.2) is 5.96 Å². The van der Waals surface area contributed by atoms with Crippen molar-refractivity contribution in [2.75, 3.05) is 13.7 Å². The lowest BCUT2D eigenvalue weighted by Crippen LogP contribution is -2.41. The van der Waals surface area contributed by atoms with E-state index < -0.39 is 12.0 Å². The number of aliphatic imine (C=N–C) groups is 1. The first-order chi connectivity index (χ1) is 10.0. The fourth-order valence-corrected chi connectivity index (χ4v) is 1.73. The van der Waals surface area contributed by atoms with Gasteiger partial charge in [0.1, 0.15) is 6.04 Å². The quantitative estimate of drug-likeness (QED) is 0.290. The molecule has 1 aromatic rings. The second-order valence-corrected chi connectivity index (χ2v) is 4.36. The zero-order valence-electron chi connectivity index (χ0n) is 12.3. The minimum Gasteiger partial charge on any atom is -0.467 e. The number of hydrogen-bond donors (Lipinski definition) is 3. The Hall–Kier alpha value is -2.28. The summed E-state index contributed by atoms with van der Waals surface area (Å²) in [5, 5.41) is 2.65. The summed E-state index contributed by atoms with van der Waals surface area (Å²) in [4.78, 5) is 27.5. The maximum absolute atomic E-state index is 12.0. The standard InChI is InChI=1S/C14H20N4O3.ClH/c1-21-13(20)11(8-5-9-17-14(15)16)18-12(19)10-6-3-2-4-7-10;/h2-4,6-7,11H,5,8-9H2,1H3,(H,18,19)(H4,15,16,17);1H/t11-;/m1./s1. The third-order valence-corrected chi connectivity index (χ3v) is 2.77. The fraction of sp³-hybridized carbons (Fsp3) is 0.357. The molecule has 0 fully saturated rings. The number of guanidine groups is 1. The van der Waals surface area contributed by atoms with Gasteiger partial charge < -0.3 is 21.5 Å². The first kappa shape index (κ1) is 19.7. The van der Waals surface area contributed by atoms with Crippen LogP contribution in [0.3, 0.4) is 0 Å². The molecule has 0 bridgehead atoms. The summed E-state index contributed by atoms with van der Waals surface area (Å²) in [5.41, 5.74) is 10.9. The molecule has 1 aromatic carbocycles. The number of benzene rings is 1. The van der Waals surface area contributed by atoms with Crippen molar-refractivity contribution in [1.29, 1.82) is 0 Å². The van der Waals surface area contributed by atoms with Crippen molar-refractivity contribution in [3.63, 3.8) is 0 Å². The molecule has 22 heavy (non-hydrogen) atoms. The minimum atomic E-state index is -0.725. The number of nitrogens with two attached hydrogens (primary N) is 2. The van der Waals surface area contributed by atoms with E-state index in [-0.39, 0.29) is 24.3 Å². The number of hydrogen-bond acceptors (Lipinski definition) is 4. The minimum absolute atomic E-state index is 0. The van der Waals surface area contributed by atoms with Crippen molar-refractivity contribution in [2.24, 2.45) is 16.5 Å². The van der Waals surface area contributed by atoms with Crippen LogP contribution < -0.4 is 16.8 Å². The third kappa shape index (κ3) is 6.94. The number of methoxy groups -OCH3 is 1. The number of nitrogens with zero attached hydrogens (tertiary/aromatic N) is 1. The predicted molar refractivity (Wildman–Crippen MR) is 86.9 cm³/mol. The lowest BCUT2D eigenvalue weighted by atomic mass is 10.1. The van der Waals surface area contributed by atoms with Crippen LogP contribution in [0.1, 0.15) is 23.2 Å². The van der Waals surface area contributed by atoms with Gasteiger partial charge in [-0.2, -0.15) is 0 Å². The van der Waals surface area contributed by atoms with E-state index in [2.05, 4.69) is 15.0 Å². The molecular weight excluding hydrogens is 308 g/mol. The Balaban J connectivity index is 0.00000441. The average Bonchev–Trinajstić information content (AvgIpc) is 2.50. The molecule has 0 aliphatic heterocycles. The van der Waals surface area contributed by atoms with E-state index in [9.17, 15) is 9.59 Å². The molecule has 1 amide bonds. The fourth-order valence-electron chi connectivity index (χ4n) is 1.73. The molecule has 1 rings (SSSR count). The highest BCUT2D eigenvalue weighted by molar-refractivity contribution is 5.96. The molecule has 7 nitrogen and oxygen atoms in total. The zero-order chi connectivity index (χ0) is 15.7. The van der Waals surface area contributed by atoms with Crippen molar-refractivity contribution in [1.82, 2.24) is 5.32 Å². The van der Waals surface area contributed by atoms with Crippen molar-refractivity contribution >= 4 is 30.2 Å². The normalized spacial score (nSPS) is 10.8. The summed E-state index contributed by atoms with van der Waals surface area (Å²) in [6, 6.07) is 7.93. The number of esters is 1. The Bertz CT molecular complexity index is 504. The zero-order valence-corrected chi connectivity index (χ0v) is 13.1. The van der Waals surface area contributed by atoms with E-state index in [1.165, 1.54) is 7.11 Å². The molecule has 0 saturated heterocycles. The summed E-state index contributed by atoms with van der Waals surface area (Å²) in [6.07, 6.45) is 0.939. The molecule has 0 saturated carbocycles. The van der Waals surface area contributed by atoms with Gasteiger partial charge in [0.05, 0.1) is 7.11 Å². The van der Waals surface area contributed by atoms with Gasteiger partial charge in [0.25, 0.3) is 5.91 Å². The van der Waals surface area contributed by atoms with E-state index in [1.807, 2.05) is 6.07 Å². The third-order valence-electron chi connectivity index (χ3n) is 2.77. The van der Waals surface area contributed by atoms with Crippen LogP contribution in [-0.2, 0) is 9.53 Å². The molecule has 0 heterocycles. The van der Waals surface area contributed by atoms with Crippen molar-refractivity contribution in [3.05, 3.63) is 35.9 Å². The van der Waals surface area contributed by atoms with Gasteiger partial charge in [-0.25, -0.2) is 4.79 Å². The maximum atomic E-state index is 12.0. The molecule has 8 heteroatoms. The highest BCUT2D eigenvalue weighted by Gasteiger charge is 2.21. The SMILES string of the molecule is COC(=O)[C@@H](CCCN=C(N)N)NC(=O)c1ccccc1.Cl. The highest BCUT2D eigenvalue weighted by atomic mass is 35.5. The molecular formula is C14H21ClN4O3. The maximum Gasteiger partial charge on any atom is 0.328 e. The summed E-state index contributed by atoms with van der Waals surface area (Å²) in [7, 11) is 1.28. The van der Waals surface area contributed by atoms with Crippen LogP contribution in [0.5, 0.6) is 0 Å².